The molecule has 1 N–H and O–H groups in total. The van der Waals surface area contributed by atoms with Crippen LogP contribution in [-0.4, -0.2) is 19.9 Å². The van der Waals surface area contributed by atoms with Crippen molar-refractivity contribution in [2.24, 2.45) is 0 Å². The quantitative estimate of drug-likeness (QED) is 0.441. The number of hydrogen-bond acceptors (Lipinski definition) is 7. The molecule has 24 heavy (non-hydrogen) atoms. The van der Waals surface area contributed by atoms with E-state index in [4.69, 9.17) is 4.42 Å². The number of thioether (sulfide) groups is 1. The normalized spacial score (nSPS) is 12.5. The molecule has 0 aliphatic heterocycles. The summed E-state index contributed by atoms with van der Waals surface area (Å²) in [4.78, 5) is 29.1. The summed E-state index contributed by atoms with van der Waals surface area (Å²) in [6.07, 6.45) is 4.97. The molecule has 4 aromatic heterocycles. The van der Waals surface area contributed by atoms with Crippen molar-refractivity contribution in [3.05, 3.63) is 58.4 Å². The van der Waals surface area contributed by atoms with Crippen molar-refractivity contribution in [2.75, 3.05) is 0 Å². The SMILES string of the molecule is C[C@H](Sc1ncccn1)c1nc2scc(-c3ccco3)c2c(=O)[nH]1. The van der Waals surface area contributed by atoms with Crippen LogP contribution < -0.4 is 5.56 Å². The third-order valence-corrected chi connectivity index (χ3v) is 5.33. The van der Waals surface area contributed by atoms with Gasteiger partial charge >= 0.3 is 0 Å². The van der Waals surface area contributed by atoms with Gasteiger partial charge in [-0.3, -0.25) is 4.79 Å². The zero-order valence-corrected chi connectivity index (χ0v) is 14.2. The molecule has 8 heteroatoms. The lowest BCUT2D eigenvalue weighted by Crippen LogP contribution is -2.12. The molecule has 0 aliphatic rings. The smallest absolute Gasteiger partial charge is 0.260 e. The Morgan fingerprint density at radius 2 is 2.12 bits per heavy atom. The van der Waals surface area contributed by atoms with Gasteiger partial charge in [0.05, 0.1) is 16.9 Å². The minimum atomic E-state index is -0.163. The van der Waals surface area contributed by atoms with E-state index < -0.39 is 0 Å². The Bertz CT molecular complexity index is 1030. The number of furan rings is 1. The minimum Gasteiger partial charge on any atom is -0.464 e. The molecule has 0 aromatic carbocycles. The average molecular weight is 356 g/mol. The van der Waals surface area contributed by atoms with Crippen molar-refractivity contribution in [1.82, 2.24) is 19.9 Å². The number of fused-ring (bicyclic) bond motifs is 1. The molecule has 4 heterocycles. The summed E-state index contributed by atoms with van der Waals surface area (Å²) in [7, 11) is 0. The maximum absolute atomic E-state index is 12.6. The van der Waals surface area contributed by atoms with Gasteiger partial charge in [-0.15, -0.1) is 11.3 Å². The molecule has 0 aliphatic carbocycles. The Morgan fingerprint density at radius 3 is 2.88 bits per heavy atom. The highest BCUT2D eigenvalue weighted by Crippen LogP contribution is 2.34. The number of aromatic nitrogens is 4. The Morgan fingerprint density at radius 1 is 1.29 bits per heavy atom. The van der Waals surface area contributed by atoms with Gasteiger partial charge in [-0.1, -0.05) is 11.8 Å². The Kier molecular flexibility index (Phi) is 3.91. The summed E-state index contributed by atoms with van der Waals surface area (Å²) in [5.41, 5.74) is 0.607. The second-order valence-electron chi connectivity index (χ2n) is 5.05. The van der Waals surface area contributed by atoms with Gasteiger partial charge in [-0.2, -0.15) is 0 Å². The van der Waals surface area contributed by atoms with Crippen LogP contribution in [0.4, 0.5) is 0 Å². The molecule has 0 saturated carbocycles. The van der Waals surface area contributed by atoms with Gasteiger partial charge in [0.2, 0.25) is 0 Å². The van der Waals surface area contributed by atoms with Crippen LogP contribution in [0.25, 0.3) is 21.5 Å². The number of aromatic amines is 1. The topological polar surface area (TPSA) is 84.7 Å². The van der Waals surface area contributed by atoms with Crippen molar-refractivity contribution in [1.29, 1.82) is 0 Å². The van der Waals surface area contributed by atoms with E-state index in [2.05, 4.69) is 19.9 Å². The monoisotopic (exact) mass is 356 g/mol. The molecule has 0 fully saturated rings. The highest BCUT2D eigenvalue weighted by molar-refractivity contribution is 7.99. The van der Waals surface area contributed by atoms with Gasteiger partial charge in [0.1, 0.15) is 16.4 Å². The predicted octanol–water partition coefficient (Wildman–Crippen LogP) is 3.89. The van der Waals surface area contributed by atoms with Crippen LogP contribution in [0.1, 0.15) is 18.0 Å². The van der Waals surface area contributed by atoms with Gasteiger partial charge in [0, 0.05) is 23.3 Å². The molecule has 0 saturated heterocycles. The van der Waals surface area contributed by atoms with E-state index in [9.17, 15) is 4.79 Å². The second-order valence-corrected chi connectivity index (χ2v) is 7.22. The van der Waals surface area contributed by atoms with E-state index >= 15 is 0 Å². The summed E-state index contributed by atoms with van der Waals surface area (Å²) in [6, 6.07) is 5.40. The van der Waals surface area contributed by atoms with Crippen molar-refractivity contribution in [3.8, 4) is 11.3 Å². The number of thiophene rings is 1. The Hall–Kier alpha value is -2.45. The molecule has 0 bridgehead atoms. The van der Waals surface area contributed by atoms with Crippen molar-refractivity contribution in [2.45, 2.75) is 17.3 Å². The van der Waals surface area contributed by atoms with Crippen LogP contribution in [0.3, 0.4) is 0 Å². The zero-order valence-electron chi connectivity index (χ0n) is 12.6. The lowest BCUT2D eigenvalue weighted by molar-refractivity contribution is 0.583. The van der Waals surface area contributed by atoms with Gasteiger partial charge < -0.3 is 9.40 Å². The van der Waals surface area contributed by atoms with Gasteiger partial charge in [0.15, 0.2) is 5.16 Å². The highest BCUT2D eigenvalue weighted by atomic mass is 32.2. The summed E-state index contributed by atoms with van der Waals surface area (Å²) < 4.78 is 5.40. The first-order chi connectivity index (χ1) is 11.7. The molecule has 0 amide bonds. The standard InChI is InChI=1S/C16H12N4O2S2/c1-9(24-16-17-5-3-6-18-16)13-19-14(21)12-10(8-23-15(12)20-13)11-4-2-7-22-11/h2-9H,1H3,(H,19,20,21)/t9-/m0/s1. The van der Waals surface area contributed by atoms with Crippen LogP contribution >= 0.6 is 23.1 Å². The van der Waals surface area contributed by atoms with Crippen LogP contribution in [-0.2, 0) is 0 Å². The molecule has 1 atom stereocenters. The van der Waals surface area contributed by atoms with E-state index in [1.165, 1.54) is 23.1 Å². The van der Waals surface area contributed by atoms with Crippen molar-refractivity contribution < 1.29 is 4.42 Å². The molecule has 0 spiro atoms. The largest absolute Gasteiger partial charge is 0.464 e. The molecule has 0 radical (unpaired) electrons. The van der Waals surface area contributed by atoms with E-state index in [-0.39, 0.29) is 10.8 Å². The number of H-pyrrole nitrogens is 1. The number of nitrogens with zero attached hydrogens (tertiary/aromatic N) is 3. The highest BCUT2D eigenvalue weighted by Gasteiger charge is 2.18. The van der Waals surface area contributed by atoms with E-state index in [1.807, 2.05) is 18.4 Å². The predicted molar refractivity (Wildman–Crippen MR) is 94.2 cm³/mol. The number of rotatable bonds is 4. The van der Waals surface area contributed by atoms with Gasteiger partial charge in [-0.25, -0.2) is 15.0 Å². The first-order valence-electron chi connectivity index (χ1n) is 7.21. The van der Waals surface area contributed by atoms with Gasteiger partial charge in [-0.05, 0) is 25.1 Å². The summed E-state index contributed by atoms with van der Waals surface area (Å²) >= 11 is 2.88. The number of nitrogens with one attached hydrogen (secondary N) is 1. The van der Waals surface area contributed by atoms with E-state index in [0.717, 1.165) is 5.56 Å². The summed E-state index contributed by atoms with van der Waals surface area (Å²) in [5, 5.41) is 3.04. The van der Waals surface area contributed by atoms with E-state index in [0.29, 0.717) is 27.0 Å². The second kappa shape index (κ2) is 6.21. The lowest BCUT2D eigenvalue weighted by atomic mass is 10.2. The fourth-order valence-corrected chi connectivity index (χ4v) is 4.05. The maximum Gasteiger partial charge on any atom is 0.260 e. The van der Waals surface area contributed by atoms with Crippen LogP contribution in [0, 0.1) is 0 Å². The molecule has 4 aromatic rings. The Labute approximate surface area is 145 Å². The zero-order chi connectivity index (χ0) is 16.5. The van der Waals surface area contributed by atoms with Gasteiger partial charge in [0.25, 0.3) is 5.56 Å². The average Bonchev–Trinajstić information content (AvgIpc) is 3.24. The first kappa shape index (κ1) is 15.1. The molecular weight excluding hydrogens is 344 g/mol. The van der Waals surface area contributed by atoms with Crippen LogP contribution in [0.5, 0.6) is 0 Å². The number of hydrogen-bond donors (Lipinski definition) is 1. The van der Waals surface area contributed by atoms with Crippen LogP contribution in [0.15, 0.2) is 56.6 Å². The fourth-order valence-electron chi connectivity index (χ4n) is 2.33. The van der Waals surface area contributed by atoms with Crippen molar-refractivity contribution >= 4 is 33.3 Å². The van der Waals surface area contributed by atoms with Crippen molar-refractivity contribution in [3.63, 3.8) is 0 Å². The molecule has 4 rings (SSSR count). The van der Waals surface area contributed by atoms with E-state index in [1.54, 1.807) is 30.8 Å². The Balaban J connectivity index is 1.72. The lowest BCUT2D eigenvalue weighted by Gasteiger charge is -2.09. The third kappa shape index (κ3) is 2.74. The third-order valence-electron chi connectivity index (χ3n) is 3.46. The molecular formula is C16H12N4O2S2. The van der Waals surface area contributed by atoms with Crippen LogP contribution in [0.2, 0.25) is 0 Å². The summed E-state index contributed by atoms with van der Waals surface area (Å²) in [6.45, 7) is 1.96. The molecule has 6 nitrogen and oxygen atoms in total. The molecule has 120 valence electrons. The molecule has 0 unspecified atom stereocenters. The fraction of sp³-hybridized carbons (Fsp3) is 0.125. The first-order valence-corrected chi connectivity index (χ1v) is 8.97. The maximum atomic E-state index is 12.6. The minimum absolute atomic E-state index is 0.0707. The summed E-state index contributed by atoms with van der Waals surface area (Å²) in [5.74, 6) is 1.28.